The SMILES string of the molecule is CCc1nn(C)cc1NC(=O)c1ccccc1NC. The van der Waals surface area contributed by atoms with E-state index >= 15 is 0 Å². The van der Waals surface area contributed by atoms with E-state index in [1.54, 1.807) is 17.8 Å². The van der Waals surface area contributed by atoms with Gasteiger partial charge in [0, 0.05) is 26.0 Å². The van der Waals surface area contributed by atoms with Gasteiger partial charge in [0.25, 0.3) is 5.91 Å². The topological polar surface area (TPSA) is 59.0 Å². The molecule has 0 saturated heterocycles. The fourth-order valence-corrected chi connectivity index (χ4v) is 1.99. The number of hydrogen-bond donors (Lipinski definition) is 2. The average molecular weight is 258 g/mol. The fraction of sp³-hybridized carbons (Fsp3) is 0.286. The lowest BCUT2D eigenvalue weighted by Gasteiger charge is -2.09. The molecule has 0 aliphatic carbocycles. The summed E-state index contributed by atoms with van der Waals surface area (Å²) in [5, 5.41) is 10.2. The summed E-state index contributed by atoms with van der Waals surface area (Å²) in [4.78, 5) is 12.3. The number of carbonyl (C=O) groups is 1. The summed E-state index contributed by atoms with van der Waals surface area (Å²) in [7, 11) is 3.64. The molecule has 2 rings (SSSR count). The highest BCUT2D eigenvalue weighted by molar-refractivity contribution is 6.08. The van der Waals surface area contributed by atoms with E-state index in [4.69, 9.17) is 0 Å². The molecule has 19 heavy (non-hydrogen) atoms. The van der Waals surface area contributed by atoms with Gasteiger partial charge in [0.05, 0.1) is 16.9 Å². The van der Waals surface area contributed by atoms with Crippen LogP contribution >= 0.6 is 0 Å². The zero-order chi connectivity index (χ0) is 13.8. The number of benzene rings is 1. The minimum atomic E-state index is -0.132. The number of nitrogens with zero attached hydrogens (tertiary/aromatic N) is 2. The van der Waals surface area contributed by atoms with E-state index in [-0.39, 0.29) is 5.91 Å². The number of aromatic nitrogens is 2. The van der Waals surface area contributed by atoms with E-state index in [1.165, 1.54) is 0 Å². The Morgan fingerprint density at radius 1 is 1.32 bits per heavy atom. The van der Waals surface area contributed by atoms with Crippen molar-refractivity contribution in [2.75, 3.05) is 17.7 Å². The Balaban J connectivity index is 2.25. The molecule has 0 unspecified atom stereocenters. The largest absolute Gasteiger partial charge is 0.387 e. The number of carbonyl (C=O) groups excluding carboxylic acids is 1. The van der Waals surface area contributed by atoms with Crippen LogP contribution in [0.15, 0.2) is 30.5 Å². The summed E-state index contributed by atoms with van der Waals surface area (Å²) in [5.41, 5.74) is 3.08. The normalized spacial score (nSPS) is 10.3. The highest BCUT2D eigenvalue weighted by Gasteiger charge is 2.13. The van der Waals surface area contributed by atoms with Gasteiger partial charge in [-0.15, -0.1) is 0 Å². The van der Waals surface area contributed by atoms with Gasteiger partial charge in [-0.3, -0.25) is 9.48 Å². The molecule has 0 atom stereocenters. The average Bonchev–Trinajstić information content (AvgIpc) is 2.78. The summed E-state index contributed by atoms with van der Waals surface area (Å²) in [6.07, 6.45) is 2.60. The number of rotatable bonds is 4. The van der Waals surface area contributed by atoms with Gasteiger partial charge in [-0.2, -0.15) is 5.10 Å². The van der Waals surface area contributed by atoms with Gasteiger partial charge < -0.3 is 10.6 Å². The Kier molecular flexibility index (Phi) is 3.85. The fourth-order valence-electron chi connectivity index (χ4n) is 1.99. The summed E-state index contributed by atoms with van der Waals surface area (Å²) < 4.78 is 1.71. The zero-order valence-electron chi connectivity index (χ0n) is 11.4. The number of hydrogen-bond acceptors (Lipinski definition) is 3. The minimum absolute atomic E-state index is 0.132. The van der Waals surface area contributed by atoms with E-state index in [9.17, 15) is 4.79 Å². The van der Waals surface area contributed by atoms with Crippen molar-refractivity contribution >= 4 is 17.3 Å². The maximum Gasteiger partial charge on any atom is 0.257 e. The molecular weight excluding hydrogens is 240 g/mol. The Bertz CT molecular complexity index is 589. The van der Waals surface area contributed by atoms with Crippen molar-refractivity contribution in [1.29, 1.82) is 0 Å². The first kappa shape index (κ1) is 13.1. The van der Waals surface area contributed by atoms with Crippen LogP contribution in [0.4, 0.5) is 11.4 Å². The lowest BCUT2D eigenvalue weighted by Crippen LogP contribution is -2.14. The van der Waals surface area contributed by atoms with Crippen molar-refractivity contribution in [2.45, 2.75) is 13.3 Å². The third-order valence-corrected chi connectivity index (χ3v) is 2.93. The Labute approximate surface area is 112 Å². The maximum atomic E-state index is 12.3. The van der Waals surface area contributed by atoms with Crippen molar-refractivity contribution < 1.29 is 4.79 Å². The van der Waals surface area contributed by atoms with E-state index in [0.717, 1.165) is 23.5 Å². The molecule has 2 aromatic rings. The summed E-state index contributed by atoms with van der Waals surface area (Å²) in [5.74, 6) is -0.132. The van der Waals surface area contributed by atoms with Crippen LogP contribution in [0.1, 0.15) is 23.0 Å². The molecule has 2 N–H and O–H groups in total. The van der Waals surface area contributed by atoms with Crippen LogP contribution in [-0.2, 0) is 13.5 Å². The first-order chi connectivity index (χ1) is 9.15. The molecule has 1 aromatic heterocycles. The third-order valence-electron chi connectivity index (χ3n) is 2.93. The summed E-state index contributed by atoms with van der Waals surface area (Å²) >= 11 is 0. The molecule has 1 aromatic carbocycles. The minimum Gasteiger partial charge on any atom is -0.387 e. The Hall–Kier alpha value is -2.30. The Morgan fingerprint density at radius 2 is 2.05 bits per heavy atom. The van der Waals surface area contributed by atoms with Crippen molar-refractivity contribution in [3.05, 3.63) is 41.7 Å². The second kappa shape index (κ2) is 5.56. The van der Waals surface area contributed by atoms with E-state index < -0.39 is 0 Å². The highest BCUT2D eigenvalue weighted by atomic mass is 16.1. The van der Waals surface area contributed by atoms with Crippen molar-refractivity contribution in [3.8, 4) is 0 Å². The van der Waals surface area contributed by atoms with E-state index in [0.29, 0.717) is 5.56 Å². The van der Waals surface area contributed by atoms with Crippen LogP contribution in [0.5, 0.6) is 0 Å². The maximum absolute atomic E-state index is 12.3. The van der Waals surface area contributed by atoms with E-state index in [1.807, 2.05) is 38.4 Å². The molecule has 0 aliphatic rings. The van der Waals surface area contributed by atoms with Gasteiger partial charge in [0.15, 0.2) is 0 Å². The lowest BCUT2D eigenvalue weighted by molar-refractivity contribution is 0.102. The summed E-state index contributed by atoms with van der Waals surface area (Å²) in [6.45, 7) is 2.01. The molecule has 100 valence electrons. The van der Waals surface area contributed by atoms with Gasteiger partial charge in [-0.05, 0) is 18.6 Å². The lowest BCUT2D eigenvalue weighted by atomic mass is 10.1. The first-order valence-corrected chi connectivity index (χ1v) is 6.26. The quantitative estimate of drug-likeness (QED) is 0.884. The van der Waals surface area contributed by atoms with E-state index in [2.05, 4.69) is 15.7 Å². The molecule has 0 aliphatic heterocycles. The van der Waals surface area contributed by atoms with Crippen LogP contribution in [0.3, 0.4) is 0 Å². The van der Waals surface area contributed by atoms with Gasteiger partial charge in [0.1, 0.15) is 0 Å². The van der Waals surface area contributed by atoms with Gasteiger partial charge in [-0.25, -0.2) is 0 Å². The van der Waals surface area contributed by atoms with Crippen molar-refractivity contribution in [2.24, 2.45) is 7.05 Å². The standard InChI is InChI=1S/C14H18N4O/c1-4-11-13(9-18(3)17-11)16-14(19)10-7-5-6-8-12(10)15-2/h5-9,15H,4H2,1-3H3,(H,16,19). The highest BCUT2D eigenvalue weighted by Crippen LogP contribution is 2.19. The molecule has 1 amide bonds. The van der Waals surface area contributed by atoms with Gasteiger partial charge >= 0.3 is 0 Å². The summed E-state index contributed by atoms with van der Waals surface area (Å²) in [6, 6.07) is 7.41. The third kappa shape index (κ3) is 2.76. The second-order valence-electron chi connectivity index (χ2n) is 4.27. The molecule has 5 nitrogen and oxygen atoms in total. The smallest absolute Gasteiger partial charge is 0.257 e. The molecule has 1 heterocycles. The number of aryl methyl sites for hydroxylation is 2. The van der Waals surface area contributed by atoms with Crippen LogP contribution in [-0.4, -0.2) is 22.7 Å². The molecule has 5 heteroatoms. The number of nitrogens with one attached hydrogen (secondary N) is 2. The van der Waals surface area contributed by atoms with Gasteiger partial charge in [-0.1, -0.05) is 19.1 Å². The zero-order valence-corrected chi connectivity index (χ0v) is 11.4. The number of amides is 1. The van der Waals surface area contributed by atoms with Crippen LogP contribution in [0, 0.1) is 0 Å². The first-order valence-electron chi connectivity index (χ1n) is 6.26. The molecule has 0 fully saturated rings. The van der Waals surface area contributed by atoms with Crippen LogP contribution in [0.25, 0.3) is 0 Å². The molecule has 0 spiro atoms. The monoisotopic (exact) mass is 258 g/mol. The number of para-hydroxylation sites is 1. The van der Waals surface area contributed by atoms with Crippen molar-refractivity contribution in [1.82, 2.24) is 9.78 Å². The number of anilines is 2. The van der Waals surface area contributed by atoms with Crippen LogP contribution < -0.4 is 10.6 Å². The molecular formula is C14H18N4O. The second-order valence-corrected chi connectivity index (χ2v) is 4.27. The molecule has 0 radical (unpaired) electrons. The Morgan fingerprint density at radius 3 is 2.74 bits per heavy atom. The predicted molar refractivity (Wildman–Crippen MR) is 76.5 cm³/mol. The molecule has 0 bridgehead atoms. The predicted octanol–water partition coefficient (Wildman–Crippen LogP) is 2.28. The van der Waals surface area contributed by atoms with Gasteiger partial charge in [0.2, 0.25) is 0 Å². The molecule has 0 saturated carbocycles. The van der Waals surface area contributed by atoms with Crippen molar-refractivity contribution in [3.63, 3.8) is 0 Å². The van der Waals surface area contributed by atoms with Crippen LogP contribution in [0.2, 0.25) is 0 Å².